The fraction of sp³-hybridized carbons (Fsp3) is 0.143. The molecule has 0 saturated carbocycles. The second-order valence-electron chi connectivity index (χ2n) is 4.56. The summed E-state index contributed by atoms with van der Waals surface area (Å²) >= 11 is 3.32. The number of sulfonamides is 1. The molecular weight excluding hydrogens is 342 g/mol. The third-order valence-corrected chi connectivity index (χ3v) is 4.82. The summed E-state index contributed by atoms with van der Waals surface area (Å²) in [6, 6.07) is 9.74. The van der Waals surface area contributed by atoms with E-state index in [9.17, 15) is 13.5 Å². The summed E-state index contributed by atoms with van der Waals surface area (Å²) in [5, 5.41) is 9.73. The van der Waals surface area contributed by atoms with Gasteiger partial charge in [0.15, 0.2) is 0 Å². The van der Waals surface area contributed by atoms with Crippen LogP contribution in [-0.2, 0) is 10.0 Å². The molecule has 0 saturated heterocycles. The van der Waals surface area contributed by atoms with Gasteiger partial charge in [0, 0.05) is 4.47 Å². The Bertz CT molecular complexity index is 757. The predicted molar refractivity (Wildman–Crippen MR) is 82.5 cm³/mol. The number of halogens is 1. The second-order valence-corrected chi connectivity index (χ2v) is 7.07. The van der Waals surface area contributed by atoms with Gasteiger partial charge in [-0.25, -0.2) is 8.42 Å². The summed E-state index contributed by atoms with van der Waals surface area (Å²) in [4.78, 5) is -0.134. The van der Waals surface area contributed by atoms with Crippen molar-refractivity contribution in [3.63, 3.8) is 0 Å². The maximum absolute atomic E-state index is 12.3. The standard InChI is InChI=1S/C14H14BrNO3S/c1-9-3-5-12(11(15)7-9)16-20(18,19)14-8-10(2)4-6-13(14)17/h3-8,16-17H,1-2H3. The zero-order valence-electron chi connectivity index (χ0n) is 11.0. The van der Waals surface area contributed by atoms with Gasteiger partial charge in [0.05, 0.1) is 5.69 Å². The van der Waals surface area contributed by atoms with Crippen LogP contribution in [0.4, 0.5) is 5.69 Å². The van der Waals surface area contributed by atoms with Gasteiger partial charge in [-0.05, 0) is 65.2 Å². The minimum absolute atomic E-state index is 0.134. The van der Waals surface area contributed by atoms with Crippen LogP contribution < -0.4 is 4.72 Å². The monoisotopic (exact) mass is 355 g/mol. The van der Waals surface area contributed by atoms with E-state index in [0.717, 1.165) is 11.1 Å². The van der Waals surface area contributed by atoms with E-state index < -0.39 is 10.0 Å². The molecule has 0 aromatic heterocycles. The van der Waals surface area contributed by atoms with Gasteiger partial charge in [-0.15, -0.1) is 0 Å². The van der Waals surface area contributed by atoms with E-state index in [0.29, 0.717) is 10.2 Å². The molecule has 0 unspecified atom stereocenters. The zero-order valence-corrected chi connectivity index (χ0v) is 13.4. The van der Waals surface area contributed by atoms with Gasteiger partial charge < -0.3 is 5.11 Å². The molecule has 2 N–H and O–H groups in total. The molecule has 0 fully saturated rings. The lowest BCUT2D eigenvalue weighted by Crippen LogP contribution is -2.13. The summed E-state index contributed by atoms with van der Waals surface area (Å²) in [5.74, 6) is -0.272. The van der Waals surface area contributed by atoms with Gasteiger partial charge in [-0.3, -0.25) is 4.72 Å². The van der Waals surface area contributed by atoms with Crippen molar-refractivity contribution in [3.05, 3.63) is 52.0 Å². The topological polar surface area (TPSA) is 66.4 Å². The Kier molecular flexibility index (Phi) is 4.06. The molecule has 6 heteroatoms. The molecule has 0 radical (unpaired) electrons. The van der Waals surface area contributed by atoms with E-state index in [1.54, 1.807) is 25.1 Å². The first-order valence-electron chi connectivity index (χ1n) is 5.88. The Morgan fingerprint density at radius 1 is 1.05 bits per heavy atom. The van der Waals surface area contributed by atoms with Crippen LogP contribution in [0.25, 0.3) is 0 Å². The zero-order chi connectivity index (χ0) is 14.9. The van der Waals surface area contributed by atoms with Crippen LogP contribution in [0.15, 0.2) is 45.8 Å². The minimum atomic E-state index is -3.83. The summed E-state index contributed by atoms with van der Waals surface area (Å²) < 4.78 is 27.7. The van der Waals surface area contributed by atoms with Crippen molar-refractivity contribution in [1.82, 2.24) is 0 Å². The van der Waals surface area contributed by atoms with Crippen LogP contribution in [0.3, 0.4) is 0 Å². The number of aryl methyl sites for hydroxylation is 2. The Morgan fingerprint density at radius 2 is 1.65 bits per heavy atom. The molecule has 0 aliphatic rings. The molecular formula is C14H14BrNO3S. The minimum Gasteiger partial charge on any atom is -0.507 e. The molecule has 0 aliphatic heterocycles. The third kappa shape index (κ3) is 3.13. The van der Waals surface area contributed by atoms with E-state index in [1.807, 2.05) is 13.0 Å². The molecule has 0 atom stereocenters. The number of hydrogen-bond acceptors (Lipinski definition) is 3. The molecule has 106 valence electrons. The van der Waals surface area contributed by atoms with Gasteiger partial charge in [-0.1, -0.05) is 12.1 Å². The number of rotatable bonds is 3. The smallest absolute Gasteiger partial charge is 0.265 e. The summed E-state index contributed by atoms with van der Waals surface area (Å²) in [7, 11) is -3.83. The molecule has 2 rings (SSSR count). The highest BCUT2D eigenvalue weighted by Gasteiger charge is 2.19. The number of phenols is 1. The molecule has 4 nitrogen and oxygen atoms in total. The molecule has 2 aromatic rings. The van der Waals surface area contributed by atoms with Crippen LogP contribution in [-0.4, -0.2) is 13.5 Å². The maximum atomic E-state index is 12.3. The van der Waals surface area contributed by atoms with Crippen LogP contribution in [0.1, 0.15) is 11.1 Å². The van der Waals surface area contributed by atoms with E-state index >= 15 is 0 Å². The quantitative estimate of drug-likeness (QED) is 0.884. The van der Waals surface area contributed by atoms with E-state index in [-0.39, 0.29) is 10.6 Å². The lowest BCUT2D eigenvalue weighted by atomic mass is 10.2. The van der Waals surface area contributed by atoms with Crippen LogP contribution in [0, 0.1) is 13.8 Å². The van der Waals surface area contributed by atoms with E-state index in [2.05, 4.69) is 20.7 Å². The highest BCUT2D eigenvalue weighted by atomic mass is 79.9. The third-order valence-electron chi connectivity index (χ3n) is 2.77. The molecule has 0 aliphatic carbocycles. The van der Waals surface area contributed by atoms with Gasteiger partial charge in [0.25, 0.3) is 10.0 Å². The first kappa shape index (κ1) is 14.9. The molecule has 0 amide bonds. The summed E-state index contributed by atoms with van der Waals surface area (Å²) in [6.07, 6.45) is 0. The van der Waals surface area contributed by atoms with Crippen molar-refractivity contribution in [2.45, 2.75) is 18.7 Å². The second kappa shape index (κ2) is 5.46. The SMILES string of the molecule is Cc1ccc(NS(=O)(=O)c2cc(C)ccc2O)c(Br)c1. The van der Waals surface area contributed by atoms with E-state index in [1.165, 1.54) is 12.1 Å². The van der Waals surface area contributed by atoms with Crippen LogP contribution >= 0.6 is 15.9 Å². The first-order chi connectivity index (χ1) is 9.29. The highest BCUT2D eigenvalue weighted by Crippen LogP contribution is 2.29. The largest absolute Gasteiger partial charge is 0.507 e. The average molecular weight is 356 g/mol. The van der Waals surface area contributed by atoms with Crippen molar-refractivity contribution in [3.8, 4) is 5.75 Å². The average Bonchev–Trinajstić information content (AvgIpc) is 2.35. The Labute approximate surface area is 126 Å². The fourth-order valence-corrected chi connectivity index (χ4v) is 3.72. The Hall–Kier alpha value is -1.53. The van der Waals surface area contributed by atoms with Crippen LogP contribution in [0.2, 0.25) is 0 Å². The van der Waals surface area contributed by atoms with Gasteiger partial charge in [0.1, 0.15) is 10.6 Å². The van der Waals surface area contributed by atoms with Crippen LogP contribution in [0.5, 0.6) is 5.75 Å². The normalized spacial score (nSPS) is 11.3. The summed E-state index contributed by atoms with van der Waals surface area (Å²) in [6.45, 7) is 3.68. The maximum Gasteiger partial charge on any atom is 0.265 e. The fourth-order valence-electron chi connectivity index (χ4n) is 1.74. The lowest BCUT2D eigenvalue weighted by molar-refractivity contribution is 0.459. The molecule has 20 heavy (non-hydrogen) atoms. The number of phenolic OH excluding ortho intramolecular Hbond substituents is 1. The first-order valence-corrected chi connectivity index (χ1v) is 8.16. The van der Waals surface area contributed by atoms with Crippen molar-refractivity contribution in [1.29, 1.82) is 0 Å². The molecule has 2 aromatic carbocycles. The Balaban J connectivity index is 2.43. The number of aromatic hydroxyl groups is 1. The van der Waals surface area contributed by atoms with Gasteiger partial charge in [0.2, 0.25) is 0 Å². The van der Waals surface area contributed by atoms with Gasteiger partial charge in [-0.2, -0.15) is 0 Å². The molecule has 0 spiro atoms. The number of anilines is 1. The number of hydrogen-bond donors (Lipinski definition) is 2. The van der Waals surface area contributed by atoms with Crippen molar-refractivity contribution in [2.24, 2.45) is 0 Å². The molecule has 0 heterocycles. The van der Waals surface area contributed by atoms with Crippen molar-refractivity contribution in [2.75, 3.05) is 4.72 Å². The van der Waals surface area contributed by atoms with Crippen molar-refractivity contribution >= 4 is 31.6 Å². The molecule has 0 bridgehead atoms. The Morgan fingerprint density at radius 3 is 2.30 bits per heavy atom. The van der Waals surface area contributed by atoms with Crippen molar-refractivity contribution < 1.29 is 13.5 Å². The van der Waals surface area contributed by atoms with E-state index in [4.69, 9.17) is 0 Å². The number of nitrogens with one attached hydrogen (secondary N) is 1. The predicted octanol–water partition coefficient (Wildman–Crippen LogP) is 3.57. The highest BCUT2D eigenvalue weighted by molar-refractivity contribution is 9.10. The van der Waals surface area contributed by atoms with Gasteiger partial charge >= 0.3 is 0 Å². The summed E-state index contributed by atoms with van der Waals surface area (Å²) in [5.41, 5.74) is 2.20. The number of benzene rings is 2. The lowest BCUT2D eigenvalue weighted by Gasteiger charge is -2.12.